The van der Waals surface area contributed by atoms with Crippen LogP contribution in [0, 0.1) is 47.4 Å². The predicted molar refractivity (Wildman–Crippen MR) is 173 cm³/mol. The average Bonchev–Trinajstić information content (AvgIpc) is 3.83. The van der Waals surface area contributed by atoms with Gasteiger partial charge in [0.15, 0.2) is 11.6 Å². The second-order valence-corrected chi connectivity index (χ2v) is 14.8. The molecule has 0 radical (unpaired) electrons. The zero-order valence-electron chi connectivity index (χ0n) is 20.8. The maximum absolute atomic E-state index is 15.6. The summed E-state index contributed by atoms with van der Waals surface area (Å²) >= 11 is 7.92. The van der Waals surface area contributed by atoms with Crippen LogP contribution >= 0.6 is 68.0 Å². The molecule has 0 aliphatic rings. The first kappa shape index (κ1) is 27.9. The first-order valence-electron chi connectivity index (χ1n) is 11.7. The van der Waals surface area contributed by atoms with Crippen molar-refractivity contribution >= 4 is 89.6 Å². The fraction of sp³-hybridized carbons (Fsp3) is 0. The lowest BCUT2D eigenvalue weighted by Crippen LogP contribution is -1.71. The van der Waals surface area contributed by atoms with E-state index in [0.717, 1.165) is 51.9 Å². The number of nitriles is 2. The van der Waals surface area contributed by atoms with Crippen molar-refractivity contribution in [3.63, 3.8) is 0 Å². The number of allylic oxidation sites excluding steroid dienone is 1. The van der Waals surface area contributed by atoms with Crippen molar-refractivity contribution in [1.82, 2.24) is 0 Å². The Bertz CT molecular complexity index is 2050. The third kappa shape index (κ3) is 5.13. The second-order valence-electron chi connectivity index (χ2n) is 8.39. The van der Waals surface area contributed by atoms with Crippen LogP contribution in [0.2, 0.25) is 0 Å². The van der Waals surface area contributed by atoms with E-state index in [1.54, 1.807) is 6.08 Å². The average molecular weight is 657 g/mol. The lowest BCUT2D eigenvalue weighted by molar-refractivity contribution is 0.644. The van der Waals surface area contributed by atoms with Crippen molar-refractivity contribution < 1.29 is 8.78 Å². The molecule has 0 fully saturated rings. The third-order valence-electron chi connectivity index (χ3n) is 5.84. The third-order valence-corrected chi connectivity index (χ3v) is 13.3. The molecule has 0 aliphatic heterocycles. The van der Waals surface area contributed by atoms with E-state index in [0.29, 0.717) is 28.9 Å². The summed E-state index contributed by atoms with van der Waals surface area (Å²) in [5, 5.41) is 18.0. The molecule has 0 spiro atoms. The van der Waals surface area contributed by atoms with Crippen molar-refractivity contribution in [2.24, 2.45) is 0 Å². The van der Waals surface area contributed by atoms with Gasteiger partial charge in [-0.3, -0.25) is 0 Å². The van der Waals surface area contributed by atoms with Crippen LogP contribution in [0.3, 0.4) is 0 Å². The molecule has 0 unspecified atom stereocenters. The molecule has 6 heterocycles. The Hall–Kier alpha value is -4.24. The molecule has 6 aromatic heterocycles. The van der Waals surface area contributed by atoms with Crippen LogP contribution in [0.4, 0.5) is 8.78 Å². The molecule has 12 heteroatoms. The molecule has 0 amide bonds. The molecule has 42 heavy (non-hydrogen) atoms. The number of thiophene rings is 6. The molecule has 0 aliphatic carbocycles. The molecule has 0 saturated heterocycles. The Kier molecular flexibility index (Phi) is 7.68. The van der Waals surface area contributed by atoms with Crippen LogP contribution in [-0.2, 0) is 0 Å². The number of rotatable bonds is 6. The van der Waals surface area contributed by atoms with Gasteiger partial charge in [-0.15, -0.1) is 68.0 Å². The van der Waals surface area contributed by atoms with Crippen molar-refractivity contribution in [1.29, 1.82) is 10.5 Å². The fourth-order valence-corrected chi connectivity index (χ4v) is 10.7. The van der Waals surface area contributed by atoms with E-state index in [4.69, 9.17) is 23.7 Å². The van der Waals surface area contributed by atoms with Gasteiger partial charge in [-0.2, -0.15) is 20.2 Å². The molecular formula is C30H10F2N4S6. The van der Waals surface area contributed by atoms with E-state index >= 15 is 8.78 Å². The summed E-state index contributed by atoms with van der Waals surface area (Å²) < 4.78 is 31.9. The van der Waals surface area contributed by atoms with Gasteiger partial charge in [0.1, 0.15) is 30.9 Å². The summed E-state index contributed by atoms with van der Waals surface area (Å²) in [5.74, 6) is -0.858. The molecule has 4 nitrogen and oxygen atoms in total. The second kappa shape index (κ2) is 11.6. The van der Waals surface area contributed by atoms with Gasteiger partial charge < -0.3 is 0 Å². The Labute approximate surface area is 262 Å². The molecule has 6 aromatic rings. The van der Waals surface area contributed by atoms with Crippen LogP contribution in [0.1, 0.15) is 9.75 Å². The Morgan fingerprint density at radius 3 is 1.45 bits per heavy atom. The number of hydrogen-bond acceptors (Lipinski definition) is 8. The first-order chi connectivity index (χ1) is 20.4. The topological polar surface area (TPSA) is 56.3 Å². The van der Waals surface area contributed by atoms with Gasteiger partial charge in [0.05, 0.1) is 19.2 Å². The monoisotopic (exact) mass is 656 g/mol. The highest BCUT2D eigenvalue weighted by Crippen LogP contribution is 2.50. The molecule has 6 rings (SSSR count). The highest BCUT2D eigenvalue weighted by molar-refractivity contribution is 7.34. The van der Waals surface area contributed by atoms with Crippen LogP contribution in [-0.4, -0.2) is 0 Å². The highest BCUT2D eigenvalue weighted by atomic mass is 32.1. The van der Waals surface area contributed by atoms with E-state index in [2.05, 4.69) is 9.69 Å². The van der Waals surface area contributed by atoms with Crippen molar-refractivity contribution in [2.75, 3.05) is 0 Å². The van der Waals surface area contributed by atoms with Gasteiger partial charge >= 0.3 is 5.82 Å². The van der Waals surface area contributed by atoms with Gasteiger partial charge in [0, 0.05) is 45.1 Å². The van der Waals surface area contributed by atoms with Gasteiger partial charge in [-0.05, 0) is 54.6 Å². The maximum Gasteiger partial charge on any atom is 0.520 e. The maximum atomic E-state index is 15.6. The summed E-state index contributed by atoms with van der Waals surface area (Å²) in [6, 6.07) is 18.7. The summed E-state index contributed by atoms with van der Waals surface area (Å²) in [7, 11) is 0. The van der Waals surface area contributed by atoms with Crippen molar-refractivity contribution in [3.8, 4) is 51.2 Å². The van der Waals surface area contributed by atoms with Gasteiger partial charge in [-0.25, -0.2) is 8.78 Å². The molecule has 0 atom stereocenters. The van der Waals surface area contributed by atoms with Crippen LogP contribution in [0.15, 0.2) is 59.9 Å². The number of hydrogen-bond donors (Lipinski definition) is 0. The lowest BCUT2D eigenvalue weighted by Gasteiger charge is -1.95. The highest BCUT2D eigenvalue weighted by Gasteiger charge is 2.25. The SMILES string of the molecule is [C-]#[N+]C(=Cc1ccc(-c2ccc(-c3sc4c(F)c(-c5ccc(-c6ccc(C=C(C#N)C#N)s6)s5)sc4c3F)s2)s1)[N+]#[C-]. The normalized spacial score (nSPS) is 10.5. The largest absolute Gasteiger partial charge is 0.520 e. The Morgan fingerprint density at radius 1 is 0.595 bits per heavy atom. The van der Waals surface area contributed by atoms with Crippen LogP contribution in [0.5, 0.6) is 0 Å². The molecule has 0 aromatic carbocycles. The quantitative estimate of drug-likeness (QED) is 0.132. The number of nitrogens with zero attached hydrogens (tertiary/aromatic N) is 4. The number of halogens is 2. The summed E-state index contributed by atoms with van der Waals surface area (Å²) in [5.41, 5.74) is 0.0261. The van der Waals surface area contributed by atoms with E-state index in [-0.39, 0.29) is 11.4 Å². The minimum absolute atomic E-state index is 0.00336. The molecule has 0 bridgehead atoms. The van der Waals surface area contributed by atoms with Crippen molar-refractivity contribution in [3.05, 3.63) is 104 Å². The summed E-state index contributed by atoms with van der Waals surface area (Å²) in [6.07, 6.45) is 3.08. The Morgan fingerprint density at radius 2 is 1.00 bits per heavy atom. The molecular weight excluding hydrogens is 647 g/mol. The van der Waals surface area contributed by atoms with Gasteiger partial charge in [0.25, 0.3) is 0 Å². The van der Waals surface area contributed by atoms with E-state index < -0.39 is 11.6 Å². The predicted octanol–water partition coefficient (Wildman–Crippen LogP) is 11.7. The van der Waals surface area contributed by atoms with Crippen LogP contribution < -0.4 is 0 Å². The fourth-order valence-electron chi connectivity index (χ4n) is 3.96. The summed E-state index contributed by atoms with van der Waals surface area (Å²) in [4.78, 5) is 13.9. The van der Waals surface area contributed by atoms with Crippen molar-refractivity contribution in [2.45, 2.75) is 0 Å². The molecule has 0 saturated carbocycles. The van der Waals surface area contributed by atoms with Gasteiger partial charge in [0.2, 0.25) is 0 Å². The minimum Gasteiger partial charge on any atom is -0.204 e. The first-order valence-corrected chi connectivity index (χ1v) is 16.6. The Balaban J connectivity index is 1.27. The van der Waals surface area contributed by atoms with E-state index in [9.17, 15) is 0 Å². The zero-order chi connectivity index (χ0) is 29.4. The van der Waals surface area contributed by atoms with E-state index in [1.165, 1.54) is 51.4 Å². The minimum atomic E-state index is -0.428. The summed E-state index contributed by atoms with van der Waals surface area (Å²) in [6.45, 7) is 14.1. The molecule has 0 N–H and O–H groups in total. The van der Waals surface area contributed by atoms with Crippen LogP contribution in [0.25, 0.3) is 70.3 Å². The lowest BCUT2D eigenvalue weighted by atomic mass is 10.3. The van der Waals surface area contributed by atoms with E-state index in [1.807, 2.05) is 60.7 Å². The van der Waals surface area contributed by atoms with Gasteiger partial charge in [-0.1, -0.05) is 0 Å². The zero-order valence-corrected chi connectivity index (χ0v) is 25.7. The molecule has 200 valence electrons. The standard InChI is InChI=1S/C30H10F2N4S6/c1-35-24(36-2)12-17-4-6-19(38-17)21-8-10-23(40-21)28-26(32)30-29(42-28)25(31)27(41-30)22-9-7-20(39-22)18-5-3-16(37-18)11-15(13-33)14-34/h3-12H. The smallest absolute Gasteiger partial charge is 0.204 e. The number of fused-ring (bicyclic) bond motifs is 1.